The highest BCUT2D eigenvalue weighted by Gasteiger charge is 2.21. The number of furan rings is 1. The van der Waals surface area contributed by atoms with Crippen LogP contribution in [0.2, 0.25) is 0 Å². The van der Waals surface area contributed by atoms with Gasteiger partial charge in [0.05, 0.1) is 13.7 Å². The van der Waals surface area contributed by atoms with Gasteiger partial charge in [-0.3, -0.25) is 0 Å². The van der Waals surface area contributed by atoms with E-state index in [0.29, 0.717) is 5.56 Å². The molecule has 1 aromatic heterocycles. The van der Waals surface area contributed by atoms with Crippen LogP contribution in [-0.4, -0.2) is 0 Å². The van der Waals surface area contributed by atoms with Crippen LogP contribution in [0.4, 0.5) is 0 Å². The molecule has 1 heteroatoms. The molecule has 9 aromatic carbocycles. The van der Waals surface area contributed by atoms with E-state index in [0.717, 1.165) is 54.6 Å². The van der Waals surface area contributed by atoms with Crippen molar-refractivity contribution in [2.24, 2.45) is 0 Å². The first-order chi connectivity index (χ1) is 28.5. The summed E-state index contributed by atoms with van der Waals surface area (Å²) in [6.07, 6.45) is 0. The highest BCUT2D eigenvalue weighted by Crippen LogP contribution is 2.47. The summed E-state index contributed by atoms with van der Waals surface area (Å²) < 4.78 is 94.3. The summed E-state index contributed by atoms with van der Waals surface area (Å²) in [5.74, 6) is 0. The first kappa shape index (κ1) is 19.4. The van der Waals surface area contributed by atoms with Crippen LogP contribution in [-0.2, 0) is 0 Å². The average Bonchev–Trinajstić information content (AvgIpc) is 3.63. The van der Waals surface area contributed by atoms with Crippen LogP contribution < -0.4 is 0 Å². The Hall–Kier alpha value is -6.44. The summed E-state index contributed by atoms with van der Waals surface area (Å²) in [5.41, 5.74) is 4.46. The lowest BCUT2D eigenvalue weighted by molar-refractivity contribution is 0.670. The van der Waals surface area contributed by atoms with Crippen molar-refractivity contribution in [2.75, 3.05) is 0 Å². The van der Waals surface area contributed by atoms with Crippen molar-refractivity contribution in [3.63, 3.8) is 0 Å². The van der Waals surface area contributed by atoms with Crippen molar-refractivity contribution in [3.8, 4) is 44.5 Å². The van der Waals surface area contributed by atoms with Gasteiger partial charge in [0.2, 0.25) is 0 Å². The number of hydrogen-bond acceptors (Lipinski definition) is 1. The van der Waals surface area contributed by atoms with E-state index in [9.17, 15) is 1.37 Å². The number of rotatable bonds is 4. The maximum atomic E-state index is 9.44. The molecule has 0 spiro atoms. The third kappa shape index (κ3) is 4.40. The highest BCUT2D eigenvalue weighted by atomic mass is 16.3. The first-order valence-corrected chi connectivity index (χ1v) is 16.0. The molecule has 0 amide bonds. The molecule has 10 rings (SSSR count). The molecule has 0 atom stereocenters. The van der Waals surface area contributed by atoms with Crippen molar-refractivity contribution in [2.45, 2.75) is 0 Å². The van der Waals surface area contributed by atoms with Crippen molar-refractivity contribution < 1.29 is 18.1 Å². The standard InChI is InChI=1S/C48H30O/c1-2-14-32(15-3-1)37-23-12-26-44-47(37)43-25-11-24-42(48(43)49-44)46-40-21-8-6-19-38(40)45(39-20-7-9-22-41(39)46)36-18-10-17-34(30-36)35-28-27-31-13-4-5-16-33(31)29-35/h1-30H/i1D,2D,3D,11D,12D,14D,15D,23D,24D,26D. The molecular formula is C48H30O. The Bertz CT molecular complexity index is 3370. The monoisotopic (exact) mass is 632 g/mol. The summed E-state index contributed by atoms with van der Waals surface area (Å²) >= 11 is 0. The highest BCUT2D eigenvalue weighted by molar-refractivity contribution is 6.25. The van der Waals surface area contributed by atoms with Gasteiger partial charge < -0.3 is 4.42 Å². The molecule has 0 saturated heterocycles. The zero-order chi connectivity index (χ0) is 41.0. The maximum absolute atomic E-state index is 9.44. The molecule has 0 aliphatic heterocycles. The lowest BCUT2D eigenvalue weighted by Gasteiger charge is -2.18. The average molecular weight is 633 g/mol. The Balaban J connectivity index is 1.30. The molecule has 0 N–H and O–H groups in total. The predicted molar refractivity (Wildman–Crippen MR) is 208 cm³/mol. The van der Waals surface area contributed by atoms with Crippen molar-refractivity contribution in [3.05, 3.63) is 182 Å². The number of para-hydroxylation sites is 1. The van der Waals surface area contributed by atoms with Gasteiger partial charge in [-0.1, -0.05) is 164 Å². The Morgan fingerprint density at radius 1 is 0.388 bits per heavy atom. The fourth-order valence-corrected chi connectivity index (χ4v) is 7.22. The van der Waals surface area contributed by atoms with E-state index >= 15 is 0 Å². The molecule has 49 heavy (non-hydrogen) atoms. The van der Waals surface area contributed by atoms with Crippen molar-refractivity contribution in [1.29, 1.82) is 0 Å². The third-order valence-electron chi connectivity index (χ3n) is 9.36. The predicted octanol–water partition coefficient (Wildman–Crippen LogP) is 13.7. The van der Waals surface area contributed by atoms with Gasteiger partial charge in [0, 0.05) is 21.9 Å². The second-order valence-electron chi connectivity index (χ2n) is 12.1. The smallest absolute Gasteiger partial charge is 0.143 e. The number of hydrogen-bond donors (Lipinski definition) is 0. The fourth-order valence-electron chi connectivity index (χ4n) is 7.22. The zero-order valence-electron chi connectivity index (χ0n) is 36.0. The van der Waals surface area contributed by atoms with Crippen LogP contribution in [0.25, 0.3) is 98.8 Å². The molecule has 0 radical (unpaired) electrons. The van der Waals surface area contributed by atoms with Crippen LogP contribution in [0, 0.1) is 0 Å². The second-order valence-corrected chi connectivity index (χ2v) is 12.1. The summed E-state index contributed by atoms with van der Waals surface area (Å²) in [4.78, 5) is 0. The van der Waals surface area contributed by atoms with Crippen LogP contribution in [0.5, 0.6) is 0 Å². The molecule has 0 bridgehead atoms. The van der Waals surface area contributed by atoms with Gasteiger partial charge in [-0.2, -0.15) is 0 Å². The van der Waals surface area contributed by atoms with Gasteiger partial charge in [-0.15, -0.1) is 0 Å². The zero-order valence-corrected chi connectivity index (χ0v) is 26.0. The van der Waals surface area contributed by atoms with Gasteiger partial charge in [-0.25, -0.2) is 0 Å². The van der Waals surface area contributed by atoms with Gasteiger partial charge in [0.25, 0.3) is 0 Å². The van der Waals surface area contributed by atoms with Gasteiger partial charge in [-0.05, 0) is 83.9 Å². The molecule has 10 aromatic rings. The van der Waals surface area contributed by atoms with E-state index in [4.69, 9.17) is 16.8 Å². The Morgan fingerprint density at radius 2 is 1.04 bits per heavy atom. The normalized spacial score (nSPS) is 14.5. The molecule has 1 nitrogen and oxygen atoms in total. The van der Waals surface area contributed by atoms with Crippen molar-refractivity contribution >= 4 is 54.3 Å². The van der Waals surface area contributed by atoms with E-state index in [1.165, 1.54) is 6.07 Å². The Labute approximate surface area is 298 Å². The first-order valence-electron chi connectivity index (χ1n) is 21.0. The SMILES string of the molecule is [2H]c1cc2c(oc3c([2H])c([2H])c([2H])c(-c4c([2H])c([2H])c([2H])c([2H])c4[2H])c32)c(-c2c3ccccc3c(-c3cccc(-c4ccc5ccccc5c4)c3)c3ccccc23)c1[2H]. The largest absolute Gasteiger partial charge is 0.455 e. The summed E-state index contributed by atoms with van der Waals surface area (Å²) in [6.45, 7) is 0. The number of fused-ring (bicyclic) bond motifs is 6. The Morgan fingerprint density at radius 3 is 1.82 bits per heavy atom. The molecule has 1 heterocycles. The third-order valence-corrected chi connectivity index (χ3v) is 9.36. The molecule has 0 fully saturated rings. The molecule has 0 aliphatic carbocycles. The fraction of sp³-hybridized carbons (Fsp3) is 0. The lowest BCUT2D eigenvalue weighted by atomic mass is 9.85. The maximum Gasteiger partial charge on any atom is 0.143 e. The molecule has 0 aliphatic rings. The van der Waals surface area contributed by atoms with Gasteiger partial charge in [0.15, 0.2) is 0 Å². The topological polar surface area (TPSA) is 13.1 Å². The van der Waals surface area contributed by atoms with E-state index in [2.05, 4.69) is 48.5 Å². The second kappa shape index (κ2) is 11.1. The van der Waals surface area contributed by atoms with Crippen LogP contribution in [0.1, 0.15) is 13.7 Å². The minimum absolute atomic E-state index is 0.0648. The quantitative estimate of drug-likeness (QED) is 0.176. The van der Waals surface area contributed by atoms with E-state index < -0.39 is 48.3 Å². The number of benzene rings is 9. The summed E-state index contributed by atoms with van der Waals surface area (Å²) in [7, 11) is 0. The minimum Gasteiger partial charge on any atom is -0.455 e. The van der Waals surface area contributed by atoms with E-state index in [1.807, 2.05) is 66.7 Å². The van der Waals surface area contributed by atoms with E-state index in [1.54, 1.807) is 0 Å². The molecule has 0 saturated carbocycles. The molecule has 228 valence electrons. The Kier molecular flexibility index (Phi) is 4.39. The summed E-state index contributed by atoms with van der Waals surface area (Å²) in [5, 5.41) is 5.92. The van der Waals surface area contributed by atoms with Gasteiger partial charge in [0.1, 0.15) is 11.2 Å². The molecule has 0 unspecified atom stereocenters. The van der Waals surface area contributed by atoms with Crippen LogP contribution >= 0.6 is 0 Å². The minimum atomic E-state index is -0.612. The van der Waals surface area contributed by atoms with E-state index in [-0.39, 0.29) is 50.7 Å². The van der Waals surface area contributed by atoms with Crippen molar-refractivity contribution in [1.82, 2.24) is 0 Å². The lowest BCUT2D eigenvalue weighted by Crippen LogP contribution is -1.91. The van der Waals surface area contributed by atoms with Gasteiger partial charge >= 0.3 is 0 Å². The van der Waals surface area contributed by atoms with Crippen LogP contribution in [0.3, 0.4) is 0 Å². The van der Waals surface area contributed by atoms with Crippen LogP contribution in [0.15, 0.2) is 186 Å². The summed E-state index contributed by atoms with van der Waals surface area (Å²) in [6, 6.07) is 35.5. The molecular weight excluding hydrogens is 593 g/mol.